The summed E-state index contributed by atoms with van der Waals surface area (Å²) in [5, 5.41) is 16.1. The zero-order valence-corrected chi connectivity index (χ0v) is 12.6. The Balaban J connectivity index is 2.16. The minimum Gasteiger partial charge on any atom is -0.258 e. The van der Waals surface area contributed by atoms with E-state index in [4.69, 9.17) is 5.14 Å². The summed E-state index contributed by atoms with van der Waals surface area (Å²) in [6.07, 6.45) is 7.63. The molecular weight excluding hydrogens is 292 g/mol. The van der Waals surface area contributed by atoms with E-state index in [0.29, 0.717) is 17.9 Å². The number of nitrogens with zero attached hydrogens (tertiary/aromatic N) is 1. The highest BCUT2D eigenvalue weighted by Gasteiger charge is 2.20. The van der Waals surface area contributed by atoms with Crippen LogP contribution in [-0.2, 0) is 16.4 Å². The second-order valence-corrected chi connectivity index (χ2v) is 7.20. The van der Waals surface area contributed by atoms with Gasteiger partial charge in [-0.15, -0.1) is 0 Å². The van der Waals surface area contributed by atoms with Gasteiger partial charge < -0.3 is 0 Å². The van der Waals surface area contributed by atoms with Crippen molar-refractivity contribution < 1.29 is 13.3 Å². The molecule has 0 bridgehead atoms. The number of rotatable bonds is 5. The SMILES string of the molecule is NS(=O)(=O)c1ccc(CCC2CCCCC2)c([N+](=O)[O-])c1. The third-order valence-corrected chi connectivity index (χ3v) is 5.04. The van der Waals surface area contributed by atoms with Crippen LogP contribution in [0.2, 0.25) is 0 Å². The first-order valence-corrected chi connectivity index (χ1v) is 8.72. The van der Waals surface area contributed by atoms with Crippen LogP contribution in [0.4, 0.5) is 5.69 Å². The molecule has 1 fully saturated rings. The van der Waals surface area contributed by atoms with Crippen LogP contribution in [0.5, 0.6) is 0 Å². The second kappa shape index (κ2) is 6.53. The Hall–Kier alpha value is -1.47. The first kappa shape index (κ1) is 15.9. The number of hydrogen-bond donors (Lipinski definition) is 1. The molecule has 0 aliphatic heterocycles. The first-order chi connectivity index (χ1) is 9.88. The van der Waals surface area contributed by atoms with E-state index >= 15 is 0 Å². The van der Waals surface area contributed by atoms with Crippen molar-refractivity contribution in [2.24, 2.45) is 11.1 Å². The Morgan fingerprint density at radius 3 is 2.48 bits per heavy atom. The highest BCUT2D eigenvalue weighted by molar-refractivity contribution is 7.89. The van der Waals surface area contributed by atoms with Crippen LogP contribution in [0.1, 0.15) is 44.1 Å². The lowest BCUT2D eigenvalue weighted by Gasteiger charge is -2.21. The maximum atomic E-state index is 11.3. The van der Waals surface area contributed by atoms with E-state index < -0.39 is 14.9 Å². The molecule has 21 heavy (non-hydrogen) atoms. The number of nitro benzene ring substituents is 1. The van der Waals surface area contributed by atoms with E-state index in [9.17, 15) is 18.5 Å². The maximum Gasteiger partial charge on any atom is 0.273 e. The molecule has 2 N–H and O–H groups in total. The van der Waals surface area contributed by atoms with Crippen molar-refractivity contribution in [3.05, 3.63) is 33.9 Å². The Kier molecular flexibility index (Phi) is 4.95. The molecule has 1 aliphatic rings. The lowest BCUT2D eigenvalue weighted by atomic mass is 9.85. The molecule has 116 valence electrons. The summed E-state index contributed by atoms with van der Waals surface area (Å²) < 4.78 is 22.6. The molecule has 1 saturated carbocycles. The van der Waals surface area contributed by atoms with Crippen LogP contribution in [0.15, 0.2) is 23.1 Å². The molecule has 0 unspecified atom stereocenters. The van der Waals surface area contributed by atoms with Crippen LogP contribution in [0.3, 0.4) is 0 Å². The van der Waals surface area contributed by atoms with E-state index in [1.54, 1.807) is 0 Å². The van der Waals surface area contributed by atoms with Crippen molar-refractivity contribution in [2.45, 2.75) is 49.8 Å². The van der Waals surface area contributed by atoms with Gasteiger partial charge in [0.25, 0.3) is 5.69 Å². The largest absolute Gasteiger partial charge is 0.273 e. The van der Waals surface area contributed by atoms with Gasteiger partial charge >= 0.3 is 0 Å². The summed E-state index contributed by atoms with van der Waals surface area (Å²) in [6.45, 7) is 0. The van der Waals surface area contributed by atoms with Crippen molar-refractivity contribution in [1.82, 2.24) is 0 Å². The van der Waals surface area contributed by atoms with Crippen molar-refractivity contribution in [3.63, 3.8) is 0 Å². The predicted molar refractivity (Wildman–Crippen MR) is 79.4 cm³/mol. The molecule has 1 aromatic carbocycles. The zero-order chi connectivity index (χ0) is 15.5. The van der Waals surface area contributed by atoms with Crippen LogP contribution < -0.4 is 5.14 Å². The van der Waals surface area contributed by atoms with Crippen LogP contribution in [0.25, 0.3) is 0 Å². The smallest absolute Gasteiger partial charge is 0.258 e. The molecular formula is C14H20N2O4S. The monoisotopic (exact) mass is 312 g/mol. The van der Waals surface area contributed by atoms with Gasteiger partial charge in [0, 0.05) is 11.6 Å². The Bertz CT molecular complexity index is 622. The molecule has 1 aliphatic carbocycles. The Morgan fingerprint density at radius 1 is 1.24 bits per heavy atom. The molecule has 2 rings (SSSR count). The molecule has 0 amide bonds. The van der Waals surface area contributed by atoms with E-state index in [1.165, 1.54) is 44.2 Å². The minimum absolute atomic E-state index is 0.155. The molecule has 0 saturated heterocycles. The van der Waals surface area contributed by atoms with E-state index in [-0.39, 0.29) is 10.6 Å². The number of nitrogens with two attached hydrogens (primary N) is 1. The van der Waals surface area contributed by atoms with Crippen molar-refractivity contribution in [3.8, 4) is 0 Å². The zero-order valence-electron chi connectivity index (χ0n) is 11.8. The predicted octanol–water partition coefficient (Wildman–Crippen LogP) is 2.76. The van der Waals surface area contributed by atoms with Gasteiger partial charge in [-0.25, -0.2) is 13.6 Å². The van der Waals surface area contributed by atoms with Gasteiger partial charge in [0.2, 0.25) is 10.0 Å². The molecule has 7 heteroatoms. The highest BCUT2D eigenvalue weighted by Crippen LogP contribution is 2.30. The van der Waals surface area contributed by atoms with E-state index in [2.05, 4.69) is 0 Å². The number of hydrogen-bond acceptors (Lipinski definition) is 4. The van der Waals surface area contributed by atoms with Gasteiger partial charge in [0.15, 0.2) is 0 Å². The average Bonchev–Trinajstić information content (AvgIpc) is 2.45. The number of primary sulfonamides is 1. The van der Waals surface area contributed by atoms with Crippen molar-refractivity contribution in [1.29, 1.82) is 0 Å². The highest BCUT2D eigenvalue weighted by atomic mass is 32.2. The third kappa shape index (κ3) is 4.25. The maximum absolute atomic E-state index is 11.3. The van der Waals surface area contributed by atoms with Gasteiger partial charge in [-0.3, -0.25) is 10.1 Å². The summed E-state index contributed by atoms with van der Waals surface area (Å²) in [5.74, 6) is 0.622. The topological polar surface area (TPSA) is 103 Å². The molecule has 0 heterocycles. The van der Waals surface area contributed by atoms with Crippen LogP contribution >= 0.6 is 0 Å². The van der Waals surface area contributed by atoms with Gasteiger partial charge in [-0.1, -0.05) is 38.2 Å². The summed E-state index contributed by atoms with van der Waals surface area (Å²) in [5.41, 5.74) is 0.426. The molecule has 0 radical (unpaired) electrons. The molecule has 0 aromatic heterocycles. The van der Waals surface area contributed by atoms with Gasteiger partial charge in [0.1, 0.15) is 0 Å². The van der Waals surface area contributed by atoms with Crippen molar-refractivity contribution in [2.75, 3.05) is 0 Å². The number of aryl methyl sites for hydroxylation is 1. The van der Waals surface area contributed by atoms with Gasteiger partial charge in [-0.2, -0.15) is 0 Å². The van der Waals surface area contributed by atoms with Crippen LogP contribution in [0, 0.1) is 16.0 Å². The summed E-state index contributed by atoms with van der Waals surface area (Å²) in [4.78, 5) is 10.4. The lowest BCUT2D eigenvalue weighted by molar-refractivity contribution is -0.385. The minimum atomic E-state index is -3.92. The molecule has 0 atom stereocenters. The second-order valence-electron chi connectivity index (χ2n) is 5.64. The van der Waals surface area contributed by atoms with Gasteiger partial charge in [-0.05, 0) is 24.8 Å². The van der Waals surface area contributed by atoms with Crippen LogP contribution in [-0.4, -0.2) is 13.3 Å². The first-order valence-electron chi connectivity index (χ1n) is 7.18. The normalized spacial score (nSPS) is 16.8. The summed E-state index contributed by atoms with van der Waals surface area (Å²) in [7, 11) is -3.92. The van der Waals surface area contributed by atoms with E-state index in [0.717, 1.165) is 12.5 Å². The third-order valence-electron chi connectivity index (χ3n) is 4.13. The number of nitro groups is 1. The fourth-order valence-corrected chi connectivity index (χ4v) is 3.47. The molecule has 1 aromatic rings. The lowest BCUT2D eigenvalue weighted by Crippen LogP contribution is -2.13. The molecule has 0 spiro atoms. The van der Waals surface area contributed by atoms with Crippen molar-refractivity contribution >= 4 is 15.7 Å². The Labute approximate surface area is 124 Å². The quantitative estimate of drug-likeness (QED) is 0.666. The molecule has 6 nitrogen and oxygen atoms in total. The number of benzene rings is 1. The van der Waals surface area contributed by atoms with E-state index in [1.807, 2.05) is 0 Å². The number of sulfonamides is 1. The fourth-order valence-electron chi connectivity index (χ4n) is 2.94. The average molecular weight is 312 g/mol. The van der Waals surface area contributed by atoms with Gasteiger partial charge in [0.05, 0.1) is 9.82 Å². The fraction of sp³-hybridized carbons (Fsp3) is 0.571. The standard InChI is InChI=1S/C14H20N2O4S/c15-21(19,20)13-9-8-12(14(10-13)16(17)18)7-6-11-4-2-1-3-5-11/h8-11H,1-7H2,(H2,15,19,20). The summed E-state index contributed by atoms with van der Waals surface area (Å²) >= 11 is 0. The Morgan fingerprint density at radius 2 is 1.90 bits per heavy atom. The summed E-state index contributed by atoms with van der Waals surface area (Å²) in [6, 6.07) is 3.92.